The Bertz CT molecular complexity index is 1350. The largest absolute Gasteiger partial charge is 0.366 e. The molecule has 7 nitrogen and oxygen atoms in total. The van der Waals surface area contributed by atoms with Gasteiger partial charge in [-0.3, -0.25) is 19.7 Å². The summed E-state index contributed by atoms with van der Waals surface area (Å²) in [5.74, 6) is -1.58. The lowest BCUT2D eigenvalue weighted by molar-refractivity contribution is -0.126. The number of aromatic amines is 1. The fraction of sp³-hybridized carbons (Fsp3) is 0.160. The first-order valence-corrected chi connectivity index (χ1v) is 10.6. The van der Waals surface area contributed by atoms with Crippen LogP contribution in [0, 0.1) is 5.82 Å². The number of fused-ring (bicyclic) bond motifs is 1. The van der Waals surface area contributed by atoms with E-state index < -0.39 is 17.6 Å². The van der Waals surface area contributed by atoms with E-state index in [1.807, 2.05) is 29.2 Å². The van der Waals surface area contributed by atoms with Crippen molar-refractivity contribution >= 4 is 45.5 Å². The van der Waals surface area contributed by atoms with Crippen LogP contribution in [0.15, 0.2) is 61.3 Å². The second kappa shape index (κ2) is 8.05. The molecule has 0 unspecified atom stereocenters. The molecule has 0 spiro atoms. The van der Waals surface area contributed by atoms with Gasteiger partial charge in [-0.25, -0.2) is 4.39 Å². The van der Waals surface area contributed by atoms with Crippen LogP contribution in [0.2, 0.25) is 0 Å². The molecular formula is C25H21FN4O3. The summed E-state index contributed by atoms with van der Waals surface area (Å²) in [7, 11) is 0. The third kappa shape index (κ3) is 3.49. The van der Waals surface area contributed by atoms with Crippen LogP contribution in [-0.2, 0) is 14.4 Å². The normalized spacial score (nSPS) is 16.5. The zero-order valence-corrected chi connectivity index (χ0v) is 17.7. The molecule has 1 aromatic heterocycles. The van der Waals surface area contributed by atoms with Crippen LogP contribution in [-0.4, -0.2) is 53.8 Å². The van der Waals surface area contributed by atoms with Gasteiger partial charge < -0.3 is 14.8 Å². The van der Waals surface area contributed by atoms with Crippen LogP contribution in [0.1, 0.15) is 11.1 Å². The van der Waals surface area contributed by atoms with Gasteiger partial charge in [0.15, 0.2) is 0 Å². The van der Waals surface area contributed by atoms with Crippen LogP contribution < -0.4 is 10.2 Å². The Morgan fingerprint density at radius 3 is 2.48 bits per heavy atom. The Morgan fingerprint density at radius 1 is 1.00 bits per heavy atom. The monoisotopic (exact) mass is 444 g/mol. The number of nitrogens with zero attached hydrogens (tertiary/aromatic N) is 2. The second-order valence-corrected chi connectivity index (χ2v) is 7.96. The maximum atomic E-state index is 14.8. The van der Waals surface area contributed by atoms with Gasteiger partial charge in [0.2, 0.25) is 5.91 Å². The summed E-state index contributed by atoms with van der Waals surface area (Å²) in [5, 5.41) is 3.20. The maximum absolute atomic E-state index is 14.8. The van der Waals surface area contributed by atoms with Gasteiger partial charge >= 0.3 is 0 Å². The molecule has 0 atom stereocenters. The Morgan fingerprint density at radius 2 is 1.73 bits per heavy atom. The van der Waals surface area contributed by atoms with Gasteiger partial charge in [0.05, 0.1) is 16.8 Å². The van der Waals surface area contributed by atoms with Crippen LogP contribution in [0.4, 0.5) is 10.1 Å². The summed E-state index contributed by atoms with van der Waals surface area (Å²) in [6.07, 6.45) is 2.98. The molecule has 2 N–H and O–H groups in total. The number of piperazine rings is 1. The molecule has 2 aliphatic heterocycles. The lowest BCUT2D eigenvalue weighted by Gasteiger charge is -2.36. The smallest absolute Gasteiger partial charge is 0.259 e. The van der Waals surface area contributed by atoms with Gasteiger partial charge in [-0.15, -0.1) is 0 Å². The maximum Gasteiger partial charge on any atom is 0.259 e. The molecule has 1 fully saturated rings. The summed E-state index contributed by atoms with van der Waals surface area (Å²) in [6.45, 7) is 5.28. The van der Waals surface area contributed by atoms with Crippen LogP contribution in [0.3, 0.4) is 0 Å². The van der Waals surface area contributed by atoms with E-state index in [4.69, 9.17) is 0 Å². The third-order valence-electron chi connectivity index (χ3n) is 6.13. The van der Waals surface area contributed by atoms with Gasteiger partial charge in [0.25, 0.3) is 11.8 Å². The van der Waals surface area contributed by atoms with Gasteiger partial charge in [0.1, 0.15) is 5.82 Å². The number of hydrogen-bond acceptors (Lipinski definition) is 4. The van der Waals surface area contributed by atoms with Crippen LogP contribution in [0.25, 0.3) is 22.0 Å². The number of H-pyrrole nitrogens is 1. The predicted octanol–water partition coefficient (Wildman–Crippen LogP) is 2.71. The molecule has 2 aliphatic rings. The molecule has 0 aliphatic carbocycles. The standard InChI is InChI=1S/C25H21FN4O3/c1-2-21(31)30-11-9-29(10-12-30)20-13-15(7-8-18(20)26)22-23(25(33)28-24(22)32)17-14-27-19-6-4-3-5-16(17)19/h2-8,13-14,27H,1,9-12H2,(H,28,32,33). The minimum Gasteiger partial charge on any atom is -0.366 e. The molecule has 0 bridgehead atoms. The molecule has 3 aromatic rings. The minimum atomic E-state index is -0.515. The summed E-state index contributed by atoms with van der Waals surface area (Å²) in [6, 6.07) is 11.9. The topological polar surface area (TPSA) is 85.5 Å². The zero-order valence-electron chi connectivity index (χ0n) is 17.7. The predicted molar refractivity (Wildman–Crippen MR) is 124 cm³/mol. The number of imide groups is 1. The summed E-state index contributed by atoms with van der Waals surface area (Å²) < 4.78 is 14.8. The molecule has 0 radical (unpaired) electrons. The molecule has 166 valence electrons. The van der Waals surface area contributed by atoms with Gasteiger partial charge in [-0.05, 0) is 29.8 Å². The number of halogens is 1. The number of rotatable bonds is 4. The molecule has 3 amide bonds. The van der Waals surface area contributed by atoms with Crippen molar-refractivity contribution in [3.63, 3.8) is 0 Å². The van der Waals surface area contributed by atoms with Crippen molar-refractivity contribution in [1.29, 1.82) is 0 Å². The Kier molecular flexibility index (Phi) is 5.05. The van der Waals surface area contributed by atoms with Crippen LogP contribution in [0.5, 0.6) is 0 Å². The Hall–Kier alpha value is -4.20. The highest BCUT2D eigenvalue weighted by molar-refractivity contribution is 6.50. The first-order chi connectivity index (χ1) is 16.0. The first kappa shape index (κ1) is 20.7. The minimum absolute atomic E-state index is 0.154. The highest BCUT2D eigenvalue weighted by atomic mass is 19.1. The molecule has 33 heavy (non-hydrogen) atoms. The van der Waals surface area contributed by atoms with E-state index in [2.05, 4.69) is 16.9 Å². The number of amides is 3. The number of para-hydroxylation sites is 1. The van der Waals surface area contributed by atoms with E-state index >= 15 is 0 Å². The van der Waals surface area contributed by atoms with E-state index in [1.165, 1.54) is 18.2 Å². The quantitative estimate of drug-likeness (QED) is 0.479. The number of hydrogen-bond donors (Lipinski definition) is 2. The highest BCUT2D eigenvalue weighted by Crippen LogP contribution is 2.36. The number of aromatic nitrogens is 1. The third-order valence-corrected chi connectivity index (χ3v) is 6.13. The number of benzene rings is 2. The van der Waals surface area contributed by atoms with Gasteiger partial charge in [-0.1, -0.05) is 30.8 Å². The van der Waals surface area contributed by atoms with E-state index in [1.54, 1.807) is 17.2 Å². The number of carbonyl (C=O) groups is 3. The zero-order chi connectivity index (χ0) is 23.1. The molecule has 8 heteroatoms. The second-order valence-electron chi connectivity index (χ2n) is 7.96. The molecule has 1 saturated heterocycles. The van der Waals surface area contributed by atoms with Crippen molar-refractivity contribution < 1.29 is 18.8 Å². The molecule has 0 saturated carbocycles. The van der Waals surface area contributed by atoms with Crippen molar-refractivity contribution in [3.8, 4) is 0 Å². The first-order valence-electron chi connectivity index (χ1n) is 10.6. The van der Waals surface area contributed by atoms with Crippen molar-refractivity contribution in [2.24, 2.45) is 0 Å². The van der Waals surface area contributed by atoms with E-state index in [9.17, 15) is 18.8 Å². The van der Waals surface area contributed by atoms with Gasteiger partial charge in [-0.2, -0.15) is 0 Å². The van der Waals surface area contributed by atoms with Crippen LogP contribution >= 0.6 is 0 Å². The molecule has 5 rings (SSSR count). The average Bonchev–Trinajstić information content (AvgIpc) is 3.38. The fourth-order valence-corrected chi connectivity index (χ4v) is 4.47. The van der Waals surface area contributed by atoms with E-state index in [0.29, 0.717) is 43.0 Å². The van der Waals surface area contributed by atoms with Gasteiger partial charge in [0, 0.05) is 48.8 Å². The lowest BCUT2D eigenvalue weighted by Crippen LogP contribution is -2.48. The number of anilines is 1. The molecular weight excluding hydrogens is 423 g/mol. The van der Waals surface area contributed by atoms with E-state index in [-0.39, 0.29) is 17.1 Å². The van der Waals surface area contributed by atoms with E-state index in [0.717, 1.165) is 10.9 Å². The number of nitrogens with one attached hydrogen (secondary N) is 2. The van der Waals surface area contributed by atoms with Crippen molar-refractivity contribution in [1.82, 2.24) is 15.2 Å². The van der Waals surface area contributed by atoms with Crippen molar-refractivity contribution in [2.45, 2.75) is 0 Å². The molecule has 3 heterocycles. The van der Waals surface area contributed by atoms with Crippen molar-refractivity contribution in [3.05, 3.63) is 78.3 Å². The lowest BCUT2D eigenvalue weighted by atomic mass is 9.95. The Balaban J connectivity index is 1.56. The highest BCUT2D eigenvalue weighted by Gasteiger charge is 2.34. The van der Waals surface area contributed by atoms with Crippen molar-refractivity contribution in [2.75, 3.05) is 31.1 Å². The summed E-state index contributed by atoms with van der Waals surface area (Å²) in [5.41, 5.74) is 2.73. The number of carbonyl (C=O) groups excluding carboxylic acids is 3. The summed E-state index contributed by atoms with van der Waals surface area (Å²) in [4.78, 5) is 44.0. The summed E-state index contributed by atoms with van der Waals surface area (Å²) >= 11 is 0. The average molecular weight is 444 g/mol. The fourth-order valence-electron chi connectivity index (χ4n) is 4.47. The Labute approximate surface area is 189 Å². The molecule has 2 aromatic carbocycles. The SMILES string of the molecule is C=CC(=O)N1CCN(c2cc(C3=C(c4c[nH]c5ccccc45)C(=O)NC3=O)ccc2F)CC1.